The van der Waals surface area contributed by atoms with Gasteiger partial charge >= 0.3 is 5.97 Å². The molecule has 0 radical (unpaired) electrons. The summed E-state index contributed by atoms with van der Waals surface area (Å²) < 4.78 is 18.2. The van der Waals surface area contributed by atoms with Gasteiger partial charge in [-0.3, -0.25) is 0 Å². The molecule has 0 aliphatic rings. The third kappa shape index (κ3) is 2.47. The molecular formula is C13H11FN2O3. The first-order valence-corrected chi connectivity index (χ1v) is 5.35. The van der Waals surface area contributed by atoms with Crippen molar-refractivity contribution in [3.05, 3.63) is 41.8 Å². The molecule has 1 aromatic carbocycles. The number of ether oxygens (including phenoxy) is 1. The Hall–Kier alpha value is -2.63. The van der Waals surface area contributed by atoms with Crippen LogP contribution in [0, 0.1) is 5.82 Å². The number of pyridine rings is 1. The Labute approximate surface area is 108 Å². The number of nitrogens with zero attached hydrogens (tertiary/aromatic N) is 1. The third-order valence-electron chi connectivity index (χ3n) is 2.62. The van der Waals surface area contributed by atoms with Crippen molar-refractivity contribution in [2.45, 2.75) is 0 Å². The van der Waals surface area contributed by atoms with Crippen LogP contribution in [0.2, 0.25) is 0 Å². The highest BCUT2D eigenvalue weighted by atomic mass is 19.1. The molecule has 0 saturated carbocycles. The number of carboxylic acids is 1. The summed E-state index contributed by atoms with van der Waals surface area (Å²) in [5, 5.41) is 9.14. The van der Waals surface area contributed by atoms with E-state index in [-0.39, 0.29) is 17.1 Å². The quantitative estimate of drug-likeness (QED) is 0.885. The predicted octanol–water partition coefficient (Wildman–Crippen LogP) is 2.18. The van der Waals surface area contributed by atoms with Crippen molar-refractivity contribution >= 4 is 11.8 Å². The van der Waals surface area contributed by atoms with E-state index >= 15 is 0 Å². The lowest BCUT2D eigenvalue weighted by molar-refractivity contribution is 0.0697. The van der Waals surface area contributed by atoms with Crippen molar-refractivity contribution in [1.29, 1.82) is 0 Å². The van der Waals surface area contributed by atoms with Gasteiger partial charge in [-0.2, -0.15) is 0 Å². The van der Waals surface area contributed by atoms with Crippen LogP contribution in [0.5, 0.6) is 5.75 Å². The maximum atomic E-state index is 13.3. The molecule has 0 aliphatic carbocycles. The topological polar surface area (TPSA) is 85.4 Å². The Kier molecular flexibility index (Phi) is 3.33. The van der Waals surface area contributed by atoms with Crippen LogP contribution in [0.4, 0.5) is 10.2 Å². The Morgan fingerprint density at radius 2 is 2.16 bits per heavy atom. The van der Waals surface area contributed by atoms with E-state index in [1.807, 2.05) is 0 Å². The number of methoxy groups -OCH3 is 1. The summed E-state index contributed by atoms with van der Waals surface area (Å²) in [7, 11) is 1.33. The predicted molar refractivity (Wildman–Crippen MR) is 67.6 cm³/mol. The maximum Gasteiger partial charge on any atom is 0.336 e. The largest absolute Gasteiger partial charge is 0.494 e. The van der Waals surface area contributed by atoms with E-state index in [2.05, 4.69) is 4.98 Å². The summed E-state index contributed by atoms with van der Waals surface area (Å²) in [6.45, 7) is 0. The number of rotatable bonds is 3. The number of nitrogen functional groups attached to an aromatic ring is 1. The minimum atomic E-state index is -1.13. The van der Waals surface area contributed by atoms with E-state index in [0.717, 1.165) is 0 Å². The zero-order valence-electron chi connectivity index (χ0n) is 10.1. The van der Waals surface area contributed by atoms with Crippen LogP contribution in [0.3, 0.4) is 0 Å². The number of carboxylic acid groups (broad SMARTS) is 1. The van der Waals surface area contributed by atoms with E-state index in [4.69, 9.17) is 15.6 Å². The lowest BCUT2D eigenvalue weighted by atomic mass is 10.0. The SMILES string of the molecule is COc1cc(-c2cnc(N)cc2C(=O)O)ccc1F. The smallest absolute Gasteiger partial charge is 0.336 e. The second-order valence-electron chi connectivity index (χ2n) is 3.81. The van der Waals surface area contributed by atoms with Gasteiger partial charge in [0.25, 0.3) is 0 Å². The van der Waals surface area contributed by atoms with Crippen molar-refractivity contribution in [2.75, 3.05) is 12.8 Å². The number of anilines is 1. The normalized spacial score (nSPS) is 10.2. The van der Waals surface area contributed by atoms with Crippen molar-refractivity contribution in [3.63, 3.8) is 0 Å². The average molecular weight is 262 g/mol. The molecule has 6 heteroatoms. The van der Waals surface area contributed by atoms with Gasteiger partial charge in [-0.15, -0.1) is 0 Å². The molecular weight excluding hydrogens is 251 g/mol. The van der Waals surface area contributed by atoms with Crippen LogP contribution in [-0.4, -0.2) is 23.2 Å². The number of nitrogens with two attached hydrogens (primary N) is 1. The third-order valence-corrected chi connectivity index (χ3v) is 2.62. The maximum absolute atomic E-state index is 13.3. The molecule has 0 aliphatic heterocycles. The second kappa shape index (κ2) is 4.93. The van der Waals surface area contributed by atoms with E-state index in [9.17, 15) is 9.18 Å². The number of aromatic carboxylic acids is 1. The van der Waals surface area contributed by atoms with Gasteiger partial charge in [-0.05, 0) is 23.8 Å². The first kappa shape index (κ1) is 12.8. The van der Waals surface area contributed by atoms with Gasteiger partial charge in [0.1, 0.15) is 5.82 Å². The van der Waals surface area contributed by atoms with Gasteiger partial charge in [0.15, 0.2) is 11.6 Å². The molecule has 0 unspecified atom stereocenters. The average Bonchev–Trinajstić information content (AvgIpc) is 2.39. The van der Waals surface area contributed by atoms with Gasteiger partial charge in [0.05, 0.1) is 12.7 Å². The molecule has 1 heterocycles. The molecule has 0 atom stereocenters. The highest BCUT2D eigenvalue weighted by molar-refractivity contribution is 5.96. The molecule has 0 amide bonds. The Morgan fingerprint density at radius 1 is 1.42 bits per heavy atom. The molecule has 2 aromatic rings. The Morgan fingerprint density at radius 3 is 2.79 bits per heavy atom. The van der Waals surface area contributed by atoms with Crippen molar-refractivity contribution in [2.24, 2.45) is 0 Å². The summed E-state index contributed by atoms with van der Waals surface area (Å²) in [6, 6.07) is 5.33. The molecule has 0 spiro atoms. The van der Waals surface area contributed by atoms with Crippen molar-refractivity contribution in [1.82, 2.24) is 4.98 Å². The lowest BCUT2D eigenvalue weighted by Gasteiger charge is -2.09. The van der Waals surface area contributed by atoms with Crippen LogP contribution in [0.1, 0.15) is 10.4 Å². The van der Waals surface area contributed by atoms with Crippen LogP contribution in [0.15, 0.2) is 30.5 Å². The Balaban J connectivity index is 2.61. The van der Waals surface area contributed by atoms with Gasteiger partial charge in [-0.1, -0.05) is 6.07 Å². The van der Waals surface area contributed by atoms with Crippen LogP contribution in [-0.2, 0) is 0 Å². The molecule has 0 bridgehead atoms. The minimum absolute atomic E-state index is 0.00108. The monoisotopic (exact) mass is 262 g/mol. The first-order chi connectivity index (χ1) is 9.02. The minimum Gasteiger partial charge on any atom is -0.494 e. The molecule has 0 fully saturated rings. The molecule has 0 saturated heterocycles. The fourth-order valence-corrected chi connectivity index (χ4v) is 1.71. The highest BCUT2D eigenvalue weighted by Crippen LogP contribution is 2.29. The summed E-state index contributed by atoms with van der Waals surface area (Å²) in [6.07, 6.45) is 1.34. The Bertz CT molecular complexity index is 644. The van der Waals surface area contributed by atoms with Gasteiger partial charge < -0.3 is 15.6 Å². The van der Waals surface area contributed by atoms with E-state index < -0.39 is 11.8 Å². The number of carbonyl (C=O) groups is 1. The van der Waals surface area contributed by atoms with Crippen molar-refractivity contribution in [3.8, 4) is 16.9 Å². The molecule has 98 valence electrons. The fourth-order valence-electron chi connectivity index (χ4n) is 1.71. The summed E-state index contributed by atoms with van der Waals surface area (Å²) in [4.78, 5) is 15.0. The van der Waals surface area contributed by atoms with Gasteiger partial charge in [0, 0.05) is 11.8 Å². The lowest BCUT2D eigenvalue weighted by Crippen LogP contribution is -2.03. The van der Waals surface area contributed by atoms with Crippen LogP contribution in [0.25, 0.3) is 11.1 Å². The van der Waals surface area contributed by atoms with Crippen LogP contribution < -0.4 is 10.5 Å². The van der Waals surface area contributed by atoms with E-state index in [1.165, 1.54) is 37.6 Å². The van der Waals surface area contributed by atoms with Gasteiger partial charge in [0.2, 0.25) is 0 Å². The van der Waals surface area contributed by atoms with E-state index in [1.54, 1.807) is 0 Å². The highest BCUT2D eigenvalue weighted by Gasteiger charge is 2.14. The van der Waals surface area contributed by atoms with Crippen LogP contribution >= 0.6 is 0 Å². The fraction of sp³-hybridized carbons (Fsp3) is 0.0769. The second-order valence-corrected chi connectivity index (χ2v) is 3.81. The van der Waals surface area contributed by atoms with E-state index in [0.29, 0.717) is 11.1 Å². The number of aromatic nitrogens is 1. The number of benzene rings is 1. The first-order valence-electron chi connectivity index (χ1n) is 5.35. The number of halogens is 1. The summed E-state index contributed by atoms with van der Waals surface area (Å²) in [5.41, 5.74) is 6.30. The zero-order chi connectivity index (χ0) is 14.0. The molecule has 2 rings (SSSR count). The molecule has 1 aromatic heterocycles. The molecule has 3 N–H and O–H groups in total. The summed E-state index contributed by atoms with van der Waals surface area (Å²) in [5.74, 6) is -1.51. The number of hydrogen-bond acceptors (Lipinski definition) is 4. The molecule has 5 nitrogen and oxygen atoms in total. The number of hydrogen-bond donors (Lipinski definition) is 2. The summed E-state index contributed by atoms with van der Waals surface area (Å²) >= 11 is 0. The molecule has 19 heavy (non-hydrogen) atoms. The standard InChI is InChI=1S/C13H11FN2O3/c1-19-11-4-7(2-3-10(11)14)9-6-16-12(15)5-8(9)13(17)18/h2-6H,1H3,(H2,15,16)(H,17,18). The van der Waals surface area contributed by atoms with Crippen molar-refractivity contribution < 1.29 is 19.0 Å². The zero-order valence-corrected chi connectivity index (χ0v) is 10.1. The van der Waals surface area contributed by atoms with Gasteiger partial charge in [-0.25, -0.2) is 14.2 Å².